The fourth-order valence-corrected chi connectivity index (χ4v) is 4.30. The summed E-state index contributed by atoms with van der Waals surface area (Å²) in [5, 5.41) is 17.4. The number of benzene rings is 3. The van der Waals surface area contributed by atoms with E-state index in [1.807, 2.05) is 47.5 Å². The molecule has 0 saturated heterocycles. The normalized spacial score (nSPS) is 18.8. The van der Waals surface area contributed by atoms with E-state index in [-0.39, 0.29) is 11.8 Å². The smallest absolute Gasteiger partial charge is 0.217 e. The van der Waals surface area contributed by atoms with Crippen LogP contribution in [0.4, 0.5) is 0 Å². The molecule has 7 nitrogen and oxygen atoms in total. The van der Waals surface area contributed by atoms with Crippen LogP contribution in [0.15, 0.2) is 65.8 Å². The first-order chi connectivity index (χ1) is 15.6. The molecule has 0 radical (unpaired) electrons. The first kappa shape index (κ1) is 20.1. The zero-order valence-corrected chi connectivity index (χ0v) is 18.1. The van der Waals surface area contributed by atoms with Gasteiger partial charge in [-0.15, -0.1) is 0 Å². The van der Waals surface area contributed by atoms with Gasteiger partial charge in [-0.05, 0) is 36.4 Å². The molecule has 5 rings (SSSR count). The van der Waals surface area contributed by atoms with E-state index in [0.29, 0.717) is 29.2 Å². The van der Waals surface area contributed by atoms with Crippen LogP contribution in [0.5, 0.6) is 28.7 Å². The highest BCUT2D eigenvalue weighted by atomic mass is 16.5. The molecule has 32 heavy (non-hydrogen) atoms. The third kappa shape index (κ3) is 3.26. The molecule has 3 aromatic rings. The first-order valence-corrected chi connectivity index (χ1v) is 10.3. The molecule has 164 valence electrons. The summed E-state index contributed by atoms with van der Waals surface area (Å²) in [6, 6.07) is 18.7. The van der Waals surface area contributed by atoms with Crippen molar-refractivity contribution in [2.24, 2.45) is 5.10 Å². The van der Waals surface area contributed by atoms with Crippen LogP contribution in [0.1, 0.15) is 35.4 Å². The van der Waals surface area contributed by atoms with E-state index in [1.54, 1.807) is 33.5 Å². The van der Waals surface area contributed by atoms with Gasteiger partial charge in [0, 0.05) is 23.6 Å². The Morgan fingerprint density at radius 2 is 1.66 bits per heavy atom. The summed E-state index contributed by atoms with van der Waals surface area (Å²) in [4.78, 5) is 0. The second-order valence-corrected chi connectivity index (χ2v) is 7.65. The zero-order valence-electron chi connectivity index (χ0n) is 18.1. The summed E-state index contributed by atoms with van der Waals surface area (Å²) in [6.45, 7) is 0. The molecule has 0 aliphatic carbocycles. The van der Waals surface area contributed by atoms with Gasteiger partial charge in [-0.25, -0.2) is 5.01 Å². The zero-order chi connectivity index (χ0) is 22.2. The quantitative estimate of drug-likeness (QED) is 0.632. The van der Waals surface area contributed by atoms with Gasteiger partial charge in [0.15, 0.2) is 0 Å². The Labute approximate surface area is 186 Å². The molecule has 0 bridgehead atoms. The van der Waals surface area contributed by atoms with Crippen molar-refractivity contribution < 1.29 is 24.1 Å². The number of hydrazone groups is 1. The van der Waals surface area contributed by atoms with Crippen LogP contribution < -0.4 is 18.9 Å². The number of ether oxygens (including phenoxy) is 4. The Morgan fingerprint density at radius 1 is 0.906 bits per heavy atom. The van der Waals surface area contributed by atoms with Crippen molar-refractivity contribution in [3.8, 4) is 28.7 Å². The van der Waals surface area contributed by atoms with Crippen LogP contribution in [-0.2, 0) is 0 Å². The Morgan fingerprint density at radius 3 is 2.44 bits per heavy atom. The van der Waals surface area contributed by atoms with E-state index in [0.717, 1.165) is 22.6 Å². The number of phenolic OH excluding ortho intramolecular Hbond substituents is 1. The number of hydrogen-bond donors (Lipinski definition) is 1. The second-order valence-electron chi connectivity index (χ2n) is 7.65. The minimum atomic E-state index is -0.499. The second kappa shape index (κ2) is 8.00. The van der Waals surface area contributed by atoms with Gasteiger partial charge in [-0.3, -0.25) is 0 Å². The molecule has 1 N–H and O–H groups in total. The molecule has 3 aromatic carbocycles. The van der Waals surface area contributed by atoms with Crippen LogP contribution in [0.25, 0.3) is 0 Å². The van der Waals surface area contributed by atoms with E-state index in [4.69, 9.17) is 24.0 Å². The summed E-state index contributed by atoms with van der Waals surface area (Å²) in [6.07, 6.45) is 0.122. The lowest BCUT2D eigenvalue weighted by atomic mass is 9.95. The van der Waals surface area contributed by atoms with E-state index in [1.165, 1.54) is 0 Å². The van der Waals surface area contributed by atoms with E-state index in [9.17, 15) is 5.11 Å². The van der Waals surface area contributed by atoms with Gasteiger partial charge in [-0.2, -0.15) is 5.10 Å². The predicted octanol–water partition coefficient (Wildman–Crippen LogP) is 4.66. The molecule has 0 spiro atoms. The number of para-hydroxylation sites is 1. The van der Waals surface area contributed by atoms with Crippen molar-refractivity contribution in [1.82, 2.24) is 5.01 Å². The molecule has 0 unspecified atom stereocenters. The van der Waals surface area contributed by atoms with Crippen molar-refractivity contribution in [2.75, 3.05) is 21.3 Å². The maximum Gasteiger partial charge on any atom is 0.217 e. The standard InChI is InChI=1S/C25H24N2O5/c1-29-15-9-11-22(28)19(12-15)20-14-21-17-6-4-5-7-23(17)32-25(27(21)26-20)18-10-8-16(30-2)13-24(18)31-3/h4-13,21,25,28H,14H2,1-3H3/t21-,25+/m0/s1. The minimum absolute atomic E-state index is 0.0441. The molecular formula is C25H24N2O5. The highest BCUT2D eigenvalue weighted by Gasteiger charge is 2.42. The van der Waals surface area contributed by atoms with Gasteiger partial charge >= 0.3 is 0 Å². The SMILES string of the molecule is COc1ccc([C@H]2Oc3ccccc3[C@@H]3CC(c4cc(OC)ccc4O)=NN23)c(OC)c1. The molecule has 2 aliphatic heterocycles. The van der Waals surface area contributed by atoms with Crippen LogP contribution >= 0.6 is 0 Å². The molecule has 7 heteroatoms. The summed E-state index contributed by atoms with van der Waals surface area (Å²) in [7, 11) is 4.85. The Balaban J connectivity index is 1.62. The van der Waals surface area contributed by atoms with E-state index < -0.39 is 6.23 Å². The van der Waals surface area contributed by atoms with Crippen molar-refractivity contribution in [3.63, 3.8) is 0 Å². The number of fused-ring (bicyclic) bond motifs is 3. The van der Waals surface area contributed by atoms with E-state index in [2.05, 4.69) is 6.07 Å². The minimum Gasteiger partial charge on any atom is -0.507 e. The first-order valence-electron chi connectivity index (χ1n) is 10.3. The van der Waals surface area contributed by atoms with Crippen LogP contribution in [0.2, 0.25) is 0 Å². The Bertz CT molecular complexity index is 1190. The third-order valence-corrected chi connectivity index (χ3v) is 5.92. The molecule has 0 saturated carbocycles. The number of aromatic hydroxyl groups is 1. The van der Waals surface area contributed by atoms with Gasteiger partial charge in [-0.1, -0.05) is 18.2 Å². The van der Waals surface area contributed by atoms with Crippen LogP contribution in [-0.4, -0.2) is 37.2 Å². The van der Waals surface area contributed by atoms with E-state index >= 15 is 0 Å². The average molecular weight is 432 g/mol. The van der Waals surface area contributed by atoms with Crippen molar-refractivity contribution in [3.05, 3.63) is 77.4 Å². The predicted molar refractivity (Wildman–Crippen MR) is 120 cm³/mol. The average Bonchev–Trinajstić information content (AvgIpc) is 3.29. The monoisotopic (exact) mass is 432 g/mol. The summed E-state index contributed by atoms with van der Waals surface area (Å²) < 4.78 is 22.8. The molecule has 0 fully saturated rings. The van der Waals surface area contributed by atoms with Gasteiger partial charge in [0.2, 0.25) is 6.23 Å². The summed E-state index contributed by atoms with van der Waals surface area (Å²) >= 11 is 0. The topological polar surface area (TPSA) is 72.8 Å². The molecule has 2 atom stereocenters. The van der Waals surface area contributed by atoms with Gasteiger partial charge < -0.3 is 24.1 Å². The summed E-state index contributed by atoms with van der Waals surface area (Å²) in [5.74, 6) is 2.99. The number of hydrogen-bond acceptors (Lipinski definition) is 7. The van der Waals surface area contributed by atoms with Crippen molar-refractivity contribution in [1.29, 1.82) is 0 Å². The largest absolute Gasteiger partial charge is 0.507 e. The fraction of sp³-hybridized carbons (Fsp3) is 0.240. The molecule has 2 heterocycles. The lowest BCUT2D eigenvalue weighted by Crippen LogP contribution is -2.33. The number of methoxy groups -OCH3 is 3. The molecule has 0 amide bonds. The number of nitrogens with zero attached hydrogens (tertiary/aromatic N) is 2. The molecular weight excluding hydrogens is 408 g/mol. The third-order valence-electron chi connectivity index (χ3n) is 5.92. The van der Waals surface area contributed by atoms with Gasteiger partial charge in [0.25, 0.3) is 0 Å². The Kier molecular flexibility index (Phi) is 5.01. The van der Waals surface area contributed by atoms with Gasteiger partial charge in [0.1, 0.15) is 28.7 Å². The number of phenols is 1. The number of rotatable bonds is 5. The van der Waals surface area contributed by atoms with Crippen molar-refractivity contribution in [2.45, 2.75) is 18.7 Å². The van der Waals surface area contributed by atoms with Gasteiger partial charge in [0.05, 0.1) is 38.6 Å². The lowest BCUT2D eigenvalue weighted by Gasteiger charge is -2.38. The lowest BCUT2D eigenvalue weighted by molar-refractivity contribution is -0.0203. The maximum absolute atomic E-state index is 10.5. The summed E-state index contributed by atoms with van der Waals surface area (Å²) in [5.41, 5.74) is 3.31. The van der Waals surface area contributed by atoms with Crippen molar-refractivity contribution >= 4 is 5.71 Å². The highest BCUT2D eigenvalue weighted by molar-refractivity contribution is 6.04. The van der Waals surface area contributed by atoms with Crippen LogP contribution in [0.3, 0.4) is 0 Å². The van der Waals surface area contributed by atoms with Crippen LogP contribution in [0, 0.1) is 0 Å². The Hall–Kier alpha value is -3.87. The molecule has 2 aliphatic rings. The maximum atomic E-state index is 10.5. The molecule has 0 aromatic heterocycles. The fourth-order valence-electron chi connectivity index (χ4n) is 4.30. The highest BCUT2D eigenvalue weighted by Crippen LogP contribution is 2.49.